The van der Waals surface area contributed by atoms with Crippen LogP contribution < -0.4 is 0 Å². The summed E-state index contributed by atoms with van der Waals surface area (Å²) in [6, 6.07) is 0. The Bertz CT molecular complexity index is 229. The number of methoxy groups -OCH3 is 1. The summed E-state index contributed by atoms with van der Waals surface area (Å²) in [5, 5.41) is 0. The molecule has 2 heteroatoms. The van der Waals surface area contributed by atoms with Gasteiger partial charge in [0, 0.05) is 13.5 Å². The predicted octanol–water partition coefficient (Wildman–Crippen LogP) is 4.66. The van der Waals surface area contributed by atoms with Crippen LogP contribution in [0.2, 0.25) is 0 Å². The highest BCUT2D eigenvalue weighted by molar-refractivity contribution is 5.87. The lowest BCUT2D eigenvalue weighted by molar-refractivity contribution is -0.145. The summed E-state index contributed by atoms with van der Waals surface area (Å²) in [6.07, 6.45) is 13.6. The molecule has 18 heavy (non-hydrogen) atoms. The van der Waals surface area contributed by atoms with E-state index in [2.05, 4.69) is 6.92 Å². The third-order valence-corrected chi connectivity index (χ3v) is 4.32. The SMILES string of the molecule is CCCCCCCCC(=O)C1(OC)CCCCC1. The number of hydrogen-bond donors (Lipinski definition) is 0. The Morgan fingerprint density at radius 2 is 1.61 bits per heavy atom. The van der Waals surface area contributed by atoms with Gasteiger partial charge in [0.2, 0.25) is 0 Å². The lowest BCUT2D eigenvalue weighted by atomic mass is 9.80. The van der Waals surface area contributed by atoms with Crippen LogP contribution in [0.5, 0.6) is 0 Å². The van der Waals surface area contributed by atoms with Gasteiger partial charge in [-0.1, -0.05) is 58.3 Å². The van der Waals surface area contributed by atoms with Gasteiger partial charge in [-0.25, -0.2) is 0 Å². The summed E-state index contributed by atoms with van der Waals surface area (Å²) in [5.74, 6) is 0.361. The molecule has 0 aromatic heterocycles. The number of Topliss-reactive ketones (excluding diaryl/α,β-unsaturated/α-hetero) is 1. The second-order valence-corrected chi connectivity index (χ2v) is 5.70. The number of ketones is 1. The van der Waals surface area contributed by atoms with Crippen molar-refractivity contribution in [3.05, 3.63) is 0 Å². The van der Waals surface area contributed by atoms with Crippen LogP contribution in [0.25, 0.3) is 0 Å². The van der Waals surface area contributed by atoms with Gasteiger partial charge in [0.05, 0.1) is 0 Å². The van der Waals surface area contributed by atoms with Gasteiger partial charge in [-0.05, 0) is 19.3 Å². The van der Waals surface area contributed by atoms with Crippen molar-refractivity contribution >= 4 is 5.78 Å². The van der Waals surface area contributed by atoms with E-state index in [1.54, 1.807) is 7.11 Å². The molecular formula is C16H30O2. The first-order valence-electron chi connectivity index (χ1n) is 7.83. The third kappa shape index (κ3) is 4.72. The fourth-order valence-corrected chi connectivity index (χ4v) is 3.01. The number of rotatable bonds is 9. The molecule has 0 atom stereocenters. The molecule has 1 saturated carbocycles. The Kier molecular flexibility index (Phi) is 7.57. The number of carbonyl (C=O) groups excluding carboxylic acids is 1. The first kappa shape index (κ1) is 15.7. The molecule has 0 saturated heterocycles. The van der Waals surface area contributed by atoms with Crippen molar-refractivity contribution in [2.45, 2.75) is 89.6 Å². The molecule has 1 fully saturated rings. The minimum absolute atomic E-state index is 0.361. The van der Waals surface area contributed by atoms with Gasteiger partial charge in [0.1, 0.15) is 5.60 Å². The highest BCUT2D eigenvalue weighted by Crippen LogP contribution is 2.33. The van der Waals surface area contributed by atoms with Crippen LogP contribution in [-0.2, 0) is 9.53 Å². The second kappa shape index (κ2) is 8.68. The Labute approximate surface area is 112 Å². The minimum atomic E-state index is -0.415. The fourth-order valence-electron chi connectivity index (χ4n) is 3.01. The van der Waals surface area contributed by atoms with E-state index in [9.17, 15) is 4.79 Å². The van der Waals surface area contributed by atoms with Crippen LogP contribution in [0, 0.1) is 0 Å². The number of hydrogen-bond acceptors (Lipinski definition) is 2. The van der Waals surface area contributed by atoms with Gasteiger partial charge in [0.15, 0.2) is 5.78 Å². The summed E-state index contributed by atoms with van der Waals surface area (Å²) in [5.41, 5.74) is -0.415. The van der Waals surface area contributed by atoms with E-state index in [1.165, 1.54) is 38.5 Å². The van der Waals surface area contributed by atoms with Gasteiger partial charge in [-0.2, -0.15) is 0 Å². The van der Waals surface area contributed by atoms with Crippen LogP contribution in [0.1, 0.15) is 84.0 Å². The largest absolute Gasteiger partial charge is 0.370 e. The molecule has 106 valence electrons. The van der Waals surface area contributed by atoms with Crippen LogP contribution in [-0.4, -0.2) is 18.5 Å². The number of carbonyl (C=O) groups is 1. The minimum Gasteiger partial charge on any atom is -0.370 e. The molecule has 0 radical (unpaired) electrons. The smallest absolute Gasteiger partial charge is 0.164 e. The number of ether oxygens (including phenoxy) is 1. The van der Waals surface area contributed by atoms with E-state index in [-0.39, 0.29) is 0 Å². The third-order valence-electron chi connectivity index (χ3n) is 4.32. The van der Waals surface area contributed by atoms with Gasteiger partial charge >= 0.3 is 0 Å². The Morgan fingerprint density at radius 3 is 2.22 bits per heavy atom. The zero-order valence-corrected chi connectivity index (χ0v) is 12.3. The molecule has 0 amide bonds. The average molecular weight is 254 g/mol. The Morgan fingerprint density at radius 1 is 1.00 bits per heavy atom. The lowest BCUT2D eigenvalue weighted by Gasteiger charge is -2.34. The quantitative estimate of drug-likeness (QED) is 0.560. The average Bonchev–Trinajstić information content (AvgIpc) is 2.43. The van der Waals surface area contributed by atoms with E-state index in [0.717, 1.165) is 38.5 Å². The van der Waals surface area contributed by atoms with Gasteiger partial charge in [-0.3, -0.25) is 4.79 Å². The molecule has 0 unspecified atom stereocenters. The lowest BCUT2D eigenvalue weighted by Crippen LogP contribution is -2.42. The summed E-state index contributed by atoms with van der Waals surface area (Å²) >= 11 is 0. The maximum Gasteiger partial charge on any atom is 0.164 e. The predicted molar refractivity (Wildman–Crippen MR) is 75.8 cm³/mol. The van der Waals surface area contributed by atoms with E-state index in [0.29, 0.717) is 5.78 Å². The van der Waals surface area contributed by atoms with Crippen molar-refractivity contribution in [3.63, 3.8) is 0 Å². The summed E-state index contributed by atoms with van der Waals surface area (Å²) in [4.78, 5) is 12.3. The van der Waals surface area contributed by atoms with Crippen molar-refractivity contribution in [3.8, 4) is 0 Å². The molecule has 0 spiro atoms. The van der Waals surface area contributed by atoms with Crippen LogP contribution in [0.15, 0.2) is 0 Å². The summed E-state index contributed by atoms with van der Waals surface area (Å²) < 4.78 is 5.59. The molecule has 2 nitrogen and oxygen atoms in total. The molecule has 0 aliphatic heterocycles. The van der Waals surface area contributed by atoms with Crippen LogP contribution in [0.4, 0.5) is 0 Å². The van der Waals surface area contributed by atoms with Crippen molar-refractivity contribution in [1.29, 1.82) is 0 Å². The molecule has 0 aromatic rings. The fraction of sp³-hybridized carbons (Fsp3) is 0.938. The van der Waals surface area contributed by atoms with Gasteiger partial charge in [0.25, 0.3) is 0 Å². The van der Waals surface area contributed by atoms with E-state index < -0.39 is 5.60 Å². The van der Waals surface area contributed by atoms with Crippen LogP contribution >= 0.6 is 0 Å². The number of unbranched alkanes of at least 4 members (excludes halogenated alkanes) is 5. The Hall–Kier alpha value is -0.370. The molecule has 1 aliphatic carbocycles. The molecule has 1 aliphatic rings. The summed E-state index contributed by atoms with van der Waals surface area (Å²) in [6.45, 7) is 2.23. The molecular weight excluding hydrogens is 224 g/mol. The van der Waals surface area contributed by atoms with Gasteiger partial charge < -0.3 is 4.74 Å². The molecule has 0 bridgehead atoms. The first-order valence-corrected chi connectivity index (χ1v) is 7.83. The molecule has 0 heterocycles. The zero-order chi connectivity index (χ0) is 13.3. The maximum atomic E-state index is 12.3. The zero-order valence-electron chi connectivity index (χ0n) is 12.3. The topological polar surface area (TPSA) is 26.3 Å². The van der Waals surface area contributed by atoms with Crippen molar-refractivity contribution < 1.29 is 9.53 Å². The van der Waals surface area contributed by atoms with E-state index in [4.69, 9.17) is 4.74 Å². The van der Waals surface area contributed by atoms with Gasteiger partial charge in [-0.15, -0.1) is 0 Å². The highest BCUT2D eigenvalue weighted by Gasteiger charge is 2.38. The maximum absolute atomic E-state index is 12.3. The molecule has 0 aromatic carbocycles. The normalized spacial score (nSPS) is 18.8. The Balaban J connectivity index is 2.21. The van der Waals surface area contributed by atoms with E-state index >= 15 is 0 Å². The van der Waals surface area contributed by atoms with Crippen LogP contribution in [0.3, 0.4) is 0 Å². The van der Waals surface area contributed by atoms with Crippen molar-refractivity contribution in [2.24, 2.45) is 0 Å². The standard InChI is InChI=1S/C16H30O2/c1-3-4-5-6-7-9-12-15(17)16(18-2)13-10-8-11-14-16/h3-14H2,1-2H3. The van der Waals surface area contributed by atoms with E-state index in [1.807, 2.05) is 0 Å². The second-order valence-electron chi connectivity index (χ2n) is 5.70. The van der Waals surface area contributed by atoms with Crippen molar-refractivity contribution in [2.75, 3.05) is 7.11 Å². The first-order chi connectivity index (χ1) is 8.75. The highest BCUT2D eigenvalue weighted by atomic mass is 16.5. The summed E-state index contributed by atoms with van der Waals surface area (Å²) in [7, 11) is 1.71. The molecule has 0 N–H and O–H groups in total. The van der Waals surface area contributed by atoms with Crippen molar-refractivity contribution in [1.82, 2.24) is 0 Å². The molecule has 1 rings (SSSR count). The monoisotopic (exact) mass is 254 g/mol.